The number of hydrogen-bond acceptors (Lipinski definition) is 13. The van der Waals surface area contributed by atoms with Crippen LogP contribution in [0.2, 0.25) is 0 Å². The van der Waals surface area contributed by atoms with Gasteiger partial charge in [0.25, 0.3) is 0 Å². The molecule has 0 radical (unpaired) electrons. The number of halogens is 6. The zero-order chi connectivity index (χ0) is 46.8. The van der Waals surface area contributed by atoms with E-state index in [0.717, 1.165) is 34.6 Å². The van der Waals surface area contributed by atoms with Crippen molar-refractivity contribution < 1.29 is 50.1 Å². The topological polar surface area (TPSA) is 164 Å². The van der Waals surface area contributed by atoms with Crippen molar-refractivity contribution >= 4 is 34.6 Å². The Morgan fingerprint density at radius 3 is 1.46 bits per heavy atom. The number of fused-ring (bicyclic) bond motifs is 4. The first kappa shape index (κ1) is 42.3. The van der Waals surface area contributed by atoms with Crippen molar-refractivity contribution in [3.8, 4) is 0 Å². The molecular formula is C44H44F6N12O5. The average Bonchev–Trinajstić information content (AvgIpc) is 4.08. The highest BCUT2D eigenvalue weighted by molar-refractivity contribution is 5.91. The predicted molar refractivity (Wildman–Crippen MR) is 220 cm³/mol. The minimum atomic E-state index is -4.54. The predicted octanol–water partition coefficient (Wildman–Crippen LogP) is 5.56. The molecule has 17 nitrogen and oxygen atoms in total. The Morgan fingerprint density at radius 2 is 1.09 bits per heavy atom. The van der Waals surface area contributed by atoms with Crippen LogP contribution < -0.4 is 9.80 Å². The monoisotopic (exact) mass is 934 g/mol. The van der Waals surface area contributed by atoms with Crippen molar-refractivity contribution in [1.82, 2.24) is 48.8 Å². The van der Waals surface area contributed by atoms with Gasteiger partial charge in [-0.3, -0.25) is 19.0 Å². The van der Waals surface area contributed by atoms with E-state index in [1.165, 1.54) is 21.8 Å². The summed E-state index contributed by atoms with van der Waals surface area (Å²) in [5.74, 6) is -2.96. The largest absolute Gasteiger partial charge is 0.435 e. The van der Waals surface area contributed by atoms with Gasteiger partial charge in [0.05, 0.1) is 59.9 Å². The fourth-order valence-corrected chi connectivity index (χ4v) is 11.6. The molecule has 67 heavy (non-hydrogen) atoms. The fourth-order valence-electron chi connectivity index (χ4n) is 11.6. The number of anilines is 2. The van der Waals surface area contributed by atoms with Crippen LogP contribution in [0, 0.1) is 37.5 Å². The molecule has 6 aliphatic heterocycles. The van der Waals surface area contributed by atoms with E-state index in [4.69, 9.17) is 34.4 Å². The number of carbonyl (C=O) groups is 2. The summed E-state index contributed by atoms with van der Waals surface area (Å²) in [5.41, 5.74) is -1.39. The molecule has 2 saturated carbocycles. The third-order valence-corrected chi connectivity index (χ3v) is 15.4. The molecule has 2 aliphatic carbocycles. The second kappa shape index (κ2) is 13.8. The lowest BCUT2D eigenvalue weighted by Crippen LogP contribution is -2.54. The van der Waals surface area contributed by atoms with E-state index in [1.807, 2.05) is 39.8 Å². The van der Waals surface area contributed by atoms with Crippen LogP contribution in [0.3, 0.4) is 0 Å². The first-order valence-corrected chi connectivity index (χ1v) is 22.2. The van der Waals surface area contributed by atoms with E-state index in [9.17, 15) is 35.9 Å². The summed E-state index contributed by atoms with van der Waals surface area (Å²) in [6, 6.07) is 5.86. The lowest BCUT2D eigenvalue weighted by molar-refractivity contribution is -0.186. The van der Waals surface area contributed by atoms with Gasteiger partial charge in [0.1, 0.15) is 11.2 Å². The molecule has 8 atom stereocenters. The number of alkyl halides is 6. The number of esters is 2. The molecule has 6 aromatic rings. The van der Waals surface area contributed by atoms with Crippen molar-refractivity contribution in [3.05, 3.63) is 83.2 Å². The zero-order valence-corrected chi connectivity index (χ0v) is 36.7. The quantitative estimate of drug-likeness (QED) is 0.106. The second-order valence-corrected chi connectivity index (χ2v) is 19.8. The maximum Gasteiger partial charge on any atom is 0.435 e. The number of ether oxygens (including phenoxy) is 3. The van der Waals surface area contributed by atoms with Gasteiger partial charge in [-0.1, -0.05) is 0 Å². The minimum Gasteiger partial charge on any atom is -0.393 e. The summed E-state index contributed by atoms with van der Waals surface area (Å²) >= 11 is 0. The molecule has 0 aromatic carbocycles. The molecular weight excluding hydrogens is 891 g/mol. The zero-order valence-electron chi connectivity index (χ0n) is 36.7. The molecule has 12 heterocycles. The van der Waals surface area contributed by atoms with Gasteiger partial charge < -0.3 is 24.0 Å². The lowest BCUT2D eigenvalue weighted by Gasteiger charge is -2.42. The number of carbonyl (C=O) groups excluding carboxylic acids is 2. The van der Waals surface area contributed by atoms with Crippen LogP contribution in [0.15, 0.2) is 49.1 Å². The van der Waals surface area contributed by atoms with E-state index in [0.29, 0.717) is 74.8 Å². The van der Waals surface area contributed by atoms with Crippen LogP contribution >= 0.6 is 0 Å². The Morgan fingerprint density at radius 1 is 0.672 bits per heavy atom. The number of nitrogens with zero attached hydrogens (tertiary/aromatic N) is 12. The van der Waals surface area contributed by atoms with Gasteiger partial charge in [-0.25, -0.2) is 19.0 Å². The first-order valence-electron chi connectivity index (χ1n) is 22.2. The van der Waals surface area contributed by atoms with Crippen LogP contribution in [0.4, 0.5) is 37.7 Å². The minimum absolute atomic E-state index is 0.211. The lowest BCUT2D eigenvalue weighted by atomic mass is 9.63. The molecule has 6 aromatic heterocycles. The molecule has 4 bridgehead atoms. The number of aryl methyl sites for hydroxylation is 2. The third-order valence-electron chi connectivity index (χ3n) is 15.4. The van der Waals surface area contributed by atoms with Crippen LogP contribution in [0.5, 0.6) is 0 Å². The van der Waals surface area contributed by atoms with E-state index >= 15 is 0 Å². The number of hydrogen-bond donors (Lipinski definition) is 0. The van der Waals surface area contributed by atoms with Gasteiger partial charge in [-0.05, 0) is 88.8 Å². The third kappa shape index (κ3) is 6.20. The molecule has 23 heteroatoms. The van der Waals surface area contributed by atoms with E-state index in [1.54, 1.807) is 21.4 Å². The van der Waals surface area contributed by atoms with Gasteiger partial charge in [0, 0.05) is 50.4 Å². The Balaban J connectivity index is 0.746. The smallest absolute Gasteiger partial charge is 0.393 e. The molecule has 14 rings (SSSR count). The van der Waals surface area contributed by atoms with E-state index in [2.05, 4.69) is 20.0 Å². The second-order valence-electron chi connectivity index (χ2n) is 19.8. The van der Waals surface area contributed by atoms with Crippen molar-refractivity contribution in [2.45, 2.75) is 88.0 Å². The van der Waals surface area contributed by atoms with Crippen LogP contribution in [-0.4, -0.2) is 100 Å². The SMILES string of the molecule is Cc1cc(N2CC[C@@](C)(n3ccc(C(F)(F)F)n3)C2)cn2nc(C34CC(CO3)C4C(=O)OC(=O)C3C4COC3(c3nc5c(C)cc(N6CC[C@@](C)(n7ccc(C(F)(F)F)n7)C6)cn5n3)C4)nc12. The average molecular weight is 935 g/mol. The van der Waals surface area contributed by atoms with Crippen molar-refractivity contribution in [1.29, 1.82) is 0 Å². The highest BCUT2D eigenvalue weighted by Crippen LogP contribution is 2.61. The van der Waals surface area contributed by atoms with Gasteiger partial charge in [-0.15, -0.1) is 10.2 Å². The van der Waals surface area contributed by atoms with E-state index < -0.39 is 69.8 Å². The Labute approximate surface area is 376 Å². The summed E-state index contributed by atoms with van der Waals surface area (Å²) in [6.07, 6.45) is -0.687. The number of rotatable bonds is 8. The molecule has 8 aliphatic rings. The summed E-state index contributed by atoms with van der Waals surface area (Å²) in [7, 11) is 0. The standard InChI is InChI=1S/C44H44F6N12O5/c1-23-13-27(57-11-7-39(3,21-57)61-9-5-29(53-61)43(45,46)47)17-59-33(23)51-37(55-59)41-15-25(19-65-41)31(41)35(63)67-36(64)32-26-16-42(32,66-20-26)38-52-34-24(2)14-28(18-60(34)56-38)58-12-8-40(4,22-58)62-10-6-30(54-62)44(48,49)50/h5-6,9-10,13-14,17-18,25-26,31-32H,7-8,11-12,15-16,19-22H2,1-4H3/t25?,26?,31?,32?,39-,40-,41?,42?/m1/s1. The number of aromatic nitrogens is 10. The fraction of sp³-hybridized carbons (Fsp3) is 0.545. The Kier molecular flexibility index (Phi) is 8.68. The highest BCUT2D eigenvalue weighted by Gasteiger charge is 2.71. The molecule has 352 valence electrons. The molecule has 0 amide bonds. The molecule has 6 saturated heterocycles. The normalized spacial score (nSPS) is 31.3. The van der Waals surface area contributed by atoms with Crippen LogP contribution in [0.1, 0.15) is 73.7 Å². The Bertz CT molecular complexity index is 2840. The molecule has 8 fully saturated rings. The molecule has 0 spiro atoms. The summed E-state index contributed by atoms with van der Waals surface area (Å²) in [6.45, 7) is 9.99. The summed E-state index contributed by atoms with van der Waals surface area (Å²) in [5, 5.41) is 17.3. The van der Waals surface area contributed by atoms with Crippen LogP contribution in [-0.2, 0) is 58.4 Å². The molecule has 6 unspecified atom stereocenters. The van der Waals surface area contributed by atoms with Gasteiger partial charge in [-0.2, -0.15) is 36.5 Å². The highest BCUT2D eigenvalue weighted by atomic mass is 19.4. The molecule has 0 N–H and O–H groups in total. The Hall–Kier alpha value is -6.10. The van der Waals surface area contributed by atoms with Gasteiger partial charge in [0.15, 0.2) is 34.3 Å². The van der Waals surface area contributed by atoms with Crippen molar-refractivity contribution in [3.63, 3.8) is 0 Å². The van der Waals surface area contributed by atoms with E-state index in [-0.39, 0.29) is 25.0 Å². The first-order chi connectivity index (χ1) is 31.7. The summed E-state index contributed by atoms with van der Waals surface area (Å²) < 4.78 is 104. The van der Waals surface area contributed by atoms with Gasteiger partial charge >= 0.3 is 24.3 Å². The van der Waals surface area contributed by atoms with Crippen molar-refractivity contribution in [2.24, 2.45) is 23.7 Å². The number of pyridine rings is 2. The van der Waals surface area contributed by atoms with Gasteiger partial charge in [0.2, 0.25) is 0 Å². The van der Waals surface area contributed by atoms with Crippen molar-refractivity contribution in [2.75, 3.05) is 49.2 Å². The summed E-state index contributed by atoms with van der Waals surface area (Å²) in [4.78, 5) is 41.9. The van der Waals surface area contributed by atoms with Crippen LogP contribution in [0.25, 0.3) is 11.3 Å². The maximum absolute atomic E-state index is 14.1. The maximum atomic E-state index is 14.1.